The maximum atomic E-state index is 15.0. The predicted octanol–water partition coefficient (Wildman–Crippen LogP) is 7.87. The topological polar surface area (TPSA) is 155 Å². The van der Waals surface area contributed by atoms with Gasteiger partial charge in [-0.15, -0.1) is 0 Å². The number of benzene rings is 4. The number of rotatable bonds is 12. The Bertz CT molecular complexity index is 2700. The van der Waals surface area contributed by atoms with Crippen molar-refractivity contribution < 1.29 is 33.4 Å². The Balaban J connectivity index is 1.36. The second kappa shape index (κ2) is 25.5. The van der Waals surface area contributed by atoms with Crippen molar-refractivity contribution in [1.82, 2.24) is 34.9 Å². The quantitative estimate of drug-likeness (QED) is 0.120. The first-order valence-corrected chi connectivity index (χ1v) is 24.6. The Hall–Kier alpha value is -6.66. The highest BCUT2D eigenvalue weighted by Gasteiger charge is 2.36. The highest BCUT2D eigenvalue weighted by molar-refractivity contribution is 6.31. The van der Waals surface area contributed by atoms with Crippen LogP contribution in [0, 0.1) is 17.8 Å². The van der Waals surface area contributed by atoms with Gasteiger partial charge in [0, 0.05) is 87.3 Å². The summed E-state index contributed by atoms with van der Waals surface area (Å²) in [6.45, 7) is 5.26. The van der Waals surface area contributed by atoms with Crippen molar-refractivity contribution in [1.29, 1.82) is 0 Å². The van der Waals surface area contributed by atoms with Crippen LogP contribution in [0.25, 0.3) is 11.3 Å². The highest BCUT2D eigenvalue weighted by Crippen LogP contribution is 2.32. The van der Waals surface area contributed by atoms with Crippen molar-refractivity contribution in [3.63, 3.8) is 0 Å². The molecule has 0 saturated carbocycles. The van der Waals surface area contributed by atoms with E-state index in [1.165, 1.54) is 16.9 Å². The van der Waals surface area contributed by atoms with Crippen LogP contribution in [-0.2, 0) is 55.1 Å². The largest absolute Gasteiger partial charge is 0.457 e. The van der Waals surface area contributed by atoms with Gasteiger partial charge in [-0.3, -0.25) is 24.0 Å². The molecule has 5 amide bonds. The number of amides is 5. The maximum absolute atomic E-state index is 15.0. The zero-order valence-electron chi connectivity index (χ0n) is 41.4. The summed E-state index contributed by atoms with van der Waals surface area (Å²) in [7, 11) is 6.57. The first-order chi connectivity index (χ1) is 34.1. The molecule has 1 fully saturated rings. The normalized spacial score (nSPS) is 19.9. The van der Waals surface area contributed by atoms with Crippen molar-refractivity contribution >= 4 is 52.7 Å². The molecule has 1 aliphatic rings. The molecule has 0 unspecified atom stereocenters. The zero-order valence-corrected chi connectivity index (χ0v) is 42.9. The third-order valence-electron chi connectivity index (χ3n) is 12.8. The summed E-state index contributed by atoms with van der Waals surface area (Å²) in [4.78, 5) is 81.3. The monoisotopic (exact) mass is 1000 g/mol. The Morgan fingerprint density at radius 2 is 1.49 bits per heavy atom. The van der Waals surface area contributed by atoms with E-state index in [0.29, 0.717) is 39.4 Å². The minimum Gasteiger partial charge on any atom is -0.457 e. The first kappa shape index (κ1) is 53.7. The average molecular weight is 1010 g/mol. The molecule has 1 aliphatic heterocycles. The van der Waals surface area contributed by atoms with E-state index >= 15 is 4.79 Å². The highest BCUT2D eigenvalue weighted by atomic mass is 35.5. The average Bonchev–Trinajstić information content (AvgIpc) is 3.73. The van der Waals surface area contributed by atoms with Crippen molar-refractivity contribution in [3.8, 4) is 34.6 Å². The molecule has 1 saturated heterocycles. The molecular weight excluding hydrogens is 942 g/mol. The molecule has 2 heterocycles. The number of aromatic nitrogens is 2. The molecule has 14 nitrogen and oxygen atoms in total. The number of methoxy groups -OCH3 is 1. The summed E-state index contributed by atoms with van der Waals surface area (Å²) in [6.07, 6.45) is 3.70. The lowest BCUT2D eigenvalue weighted by atomic mass is 9.93. The molecule has 5 aromatic rings. The van der Waals surface area contributed by atoms with Crippen LogP contribution >= 0.6 is 23.2 Å². The van der Waals surface area contributed by atoms with Gasteiger partial charge >= 0.3 is 0 Å². The van der Waals surface area contributed by atoms with Gasteiger partial charge in [0.15, 0.2) is 5.82 Å². The number of nitrogens with one attached hydrogen (secondary N) is 2. The number of hydrogen-bond acceptors (Lipinski definition) is 8. The second-order valence-corrected chi connectivity index (χ2v) is 18.9. The number of carbonyl (C=O) groups excluding carboxylic acids is 5. The molecule has 71 heavy (non-hydrogen) atoms. The van der Waals surface area contributed by atoms with Gasteiger partial charge in [0.2, 0.25) is 29.5 Å². The van der Waals surface area contributed by atoms with E-state index < -0.39 is 47.8 Å². The molecule has 4 aromatic carbocycles. The molecule has 16 heteroatoms. The summed E-state index contributed by atoms with van der Waals surface area (Å²) >= 11 is 12.8. The lowest BCUT2D eigenvalue weighted by Crippen LogP contribution is -2.57. The molecule has 1 aromatic heterocycles. The van der Waals surface area contributed by atoms with Gasteiger partial charge in [-0.2, -0.15) is 0 Å². The third-order valence-corrected chi connectivity index (χ3v) is 13.3. The zero-order chi connectivity index (χ0) is 51.2. The summed E-state index contributed by atoms with van der Waals surface area (Å²) < 4.78 is 13.9. The van der Waals surface area contributed by atoms with E-state index in [1.54, 1.807) is 62.4 Å². The Morgan fingerprint density at radius 3 is 2.18 bits per heavy atom. The van der Waals surface area contributed by atoms with E-state index in [-0.39, 0.29) is 50.8 Å². The van der Waals surface area contributed by atoms with Crippen molar-refractivity contribution in [3.05, 3.63) is 136 Å². The number of unbranched alkanes of at least 4 members (excludes halogenated alkanes) is 1. The van der Waals surface area contributed by atoms with Crippen LogP contribution in [0.15, 0.2) is 103 Å². The van der Waals surface area contributed by atoms with Gasteiger partial charge in [0.05, 0.1) is 31.0 Å². The van der Waals surface area contributed by atoms with E-state index in [9.17, 15) is 19.2 Å². The summed E-state index contributed by atoms with van der Waals surface area (Å²) in [6, 6.07) is 25.5. The molecule has 0 spiro atoms. The van der Waals surface area contributed by atoms with Crippen LogP contribution in [0.5, 0.6) is 11.5 Å². The van der Waals surface area contributed by atoms with Crippen LogP contribution in [-0.4, -0.2) is 112 Å². The number of likely N-dealkylation sites (N-methyl/N-ethyl adjacent to an activating group) is 2. The molecular formula is C55H63Cl2N7O7. The summed E-state index contributed by atoms with van der Waals surface area (Å²) in [5.74, 6) is 4.64. The van der Waals surface area contributed by atoms with Gasteiger partial charge in [0.1, 0.15) is 23.6 Å². The summed E-state index contributed by atoms with van der Waals surface area (Å²) in [5, 5.41) is 6.74. The number of nitrogens with zero attached hydrogens (tertiary/aromatic N) is 5. The fourth-order valence-corrected chi connectivity index (χ4v) is 8.65. The van der Waals surface area contributed by atoms with E-state index in [0.717, 1.165) is 35.2 Å². The number of imidazole rings is 1. The van der Waals surface area contributed by atoms with Gasteiger partial charge in [-0.05, 0) is 98.7 Å². The fraction of sp³-hybridized carbons (Fsp3) is 0.382. The van der Waals surface area contributed by atoms with Crippen LogP contribution in [0.2, 0.25) is 10.0 Å². The van der Waals surface area contributed by atoms with Crippen LogP contribution in [0.4, 0.5) is 0 Å². The lowest BCUT2D eigenvalue weighted by Gasteiger charge is -2.35. The Kier molecular flexibility index (Phi) is 19.2. The molecule has 2 N–H and O–H groups in total. The number of ether oxygens (including phenoxy) is 2. The number of carbonyl (C=O) groups is 5. The molecule has 6 rings (SSSR count). The standard InChI is InChI=1S/C55H63Cl2N7O7/c1-8-9-11-16-50-58-33-48(63(50)6)40-20-25-46(26-21-40)71-49-30-44(57)24-19-41(49)34-64-37(3)53(67)60-47(35-70-7)55(69)62(5)45(28-39-17-22-43(56)23-18-39)31-51(65)59-32-36(2)61(4)54(68)42(29-52(64)66)27-38-14-12-10-13-15-38/h10,12-15,17-26,30,33,36-37,42,45,47H,8-9,27-29,31-32,34-35H2,1-7H3,(H,59,65)(H,60,67)/t36-,37-,42+,45-,47-/m0/s1. The van der Waals surface area contributed by atoms with E-state index in [1.807, 2.05) is 85.3 Å². The molecule has 5 atom stereocenters. The lowest BCUT2D eigenvalue weighted by molar-refractivity contribution is -0.147. The van der Waals surface area contributed by atoms with Crippen LogP contribution in [0.1, 0.15) is 69.0 Å². The van der Waals surface area contributed by atoms with Crippen LogP contribution < -0.4 is 15.4 Å². The first-order valence-electron chi connectivity index (χ1n) is 23.8. The molecule has 374 valence electrons. The number of halogens is 2. The fourth-order valence-electron chi connectivity index (χ4n) is 8.36. The van der Waals surface area contributed by atoms with Crippen LogP contribution in [0.3, 0.4) is 0 Å². The van der Waals surface area contributed by atoms with Gasteiger partial charge in [-0.25, -0.2) is 4.98 Å². The number of hydrogen-bond donors (Lipinski definition) is 2. The van der Waals surface area contributed by atoms with Crippen molar-refractivity contribution in [2.45, 2.75) is 90.0 Å². The maximum Gasteiger partial charge on any atom is 0.247 e. The molecule has 0 bridgehead atoms. The third kappa shape index (κ3) is 14.5. The van der Waals surface area contributed by atoms with Crippen molar-refractivity contribution in [2.75, 3.05) is 34.4 Å². The smallest absolute Gasteiger partial charge is 0.247 e. The molecule has 0 aliphatic carbocycles. The minimum absolute atomic E-state index is 0.0755. The summed E-state index contributed by atoms with van der Waals surface area (Å²) in [5.41, 5.74) is 3.97. The van der Waals surface area contributed by atoms with Crippen molar-refractivity contribution in [2.24, 2.45) is 13.0 Å². The van der Waals surface area contributed by atoms with Gasteiger partial charge in [0.25, 0.3) is 0 Å². The molecule has 0 radical (unpaired) electrons. The minimum atomic E-state index is -1.20. The van der Waals surface area contributed by atoms with Gasteiger partial charge < -0.3 is 39.4 Å². The Morgan fingerprint density at radius 1 is 0.803 bits per heavy atom. The van der Waals surface area contributed by atoms with E-state index in [2.05, 4.69) is 34.4 Å². The SMILES string of the molecule is CCCC#Cc1ncc(-c2ccc(Oc3cc(Cl)ccc3CN3C(=O)C[C@@H](Cc4ccccc4)C(=O)N(C)[C@@H](C)CNC(=O)C[C@H](Cc4ccc(Cl)cc4)N(C)C(=O)[C@H](COC)NC(=O)[C@@H]3C)cc2)n1C. The Labute approximate surface area is 427 Å². The van der Waals surface area contributed by atoms with E-state index in [4.69, 9.17) is 32.7 Å². The second-order valence-electron chi connectivity index (χ2n) is 18.0. The van der Waals surface area contributed by atoms with Gasteiger partial charge in [-0.1, -0.05) is 84.6 Å². The predicted molar refractivity (Wildman–Crippen MR) is 276 cm³/mol.